The number of furan rings is 1. The monoisotopic (exact) mass is 662 g/mol. The zero-order valence-corrected chi connectivity index (χ0v) is 26.7. The number of para-hydroxylation sites is 1. The van der Waals surface area contributed by atoms with Gasteiger partial charge < -0.3 is 23.9 Å². The molecule has 0 unspecified atom stereocenters. The van der Waals surface area contributed by atoms with Crippen LogP contribution in [0.15, 0.2) is 53.3 Å². The Morgan fingerprint density at radius 2 is 2.00 bits per heavy atom. The van der Waals surface area contributed by atoms with Crippen molar-refractivity contribution < 1.29 is 36.2 Å². The van der Waals surface area contributed by atoms with Crippen LogP contribution in [-0.4, -0.2) is 64.8 Å². The van der Waals surface area contributed by atoms with Crippen LogP contribution in [0.4, 0.5) is 14.6 Å². The van der Waals surface area contributed by atoms with Gasteiger partial charge in [-0.25, -0.2) is 32.2 Å². The van der Waals surface area contributed by atoms with Crippen molar-refractivity contribution in [1.82, 2.24) is 15.0 Å². The number of nitrogens with zero attached hydrogens (tertiary/aromatic N) is 4. The highest BCUT2D eigenvalue weighted by atomic mass is 35.5. The number of halogens is 3. The highest BCUT2D eigenvalue weighted by Gasteiger charge is 2.55. The zero-order chi connectivity index (χ0) is 32.5. The normalized spacial score (nSPS) is 26.1. The molecule has 0 amide bonds. The summed E-state index contributed by atoms with van der Waals surface area (Å²) in [6.45, 7) is 8.96. The molecule has 1 aromatic carbocycles. The Kier molecular flexibility index (Phi) is 7.72. The van der Waals surface area contributed by atoms with E-state index in [1.165, 1.54) is 13.3 Å². The summed E-state index contributed by atoms with van der Waals surface area (Å²) in [6, 6.07) is 7.85. The first-order valence-corrected chi connectivity index (χ1v) is 16.4. The van der Waals surface area contributed by atoms with E-state index in [2.05, 4.69) is 21.5 Å². The summed E-state index contributed by atoms with van der Waals surface area (Å²) >= 11 is 6.41. The molecule has 2 fully saturated rings. The summed E-state index contributed by atoms with van der Waals surface area (Å²) in [6.07, 6.45) is -1.84. The second-order valence-electron chi connectivity index (χ2n) is 12.3. The standard InChI is InChI=1S/C31H33ClF2N4O6S/c1-16-14-45(40,41)30(3,4)15-31(16,42-5)21-10-18(32)12-35-29(21)43-19-11-22(17(2)39)38(13-19)28-25-24(36-27(37-28)26(33)34)20-8-6-7-9-23(20)44-25/h6-10,12,16,19,22,26,39H,2,11,13-15H2,1,3-5H3/t16-,19-,22-,31+/m0/s1. The molecule has 2 aliphatic rings. The van der Waals surface area contributed by atoms with Crippen molar-refractivity contribution in [2.75, 3.05) is 24.3 Å². The molecule has 240 valence electrons. The molecule has 2 aliphatic heterocycles. The molecular formula is C31H33ClF2N4O6S. The van der Waals surface area contributed by atoms with Crippen LogP contribution in [0.25, 0.3) is 22.1 Å². The highest BCUT2D eigenvalue weighted by molar-refractivity contribution is 7.92. The van der Waals surface area contributed by atoms with Gasteiger partial charge in [-0.1, -0.05) is 37.2 Å². The molecule has 2 saturated heterocycles. The lowest BCUT2D eigenvalue weighted by atomic mass is 9.76. The number of sulfone groups is 1. The Balaban J connectivity index is 1.41. The van der Waals surface area contributed by atoms with Crippen molar-refractivity contribution >= 4 is 49.3 Å². The van der Waals surface area contributed by atoms with E-state index in [0.29, 0.717) is 21.6 Å². The van der Waals surface area contributed by atoms with E-state index in [1.54, 1.807) is 56.0 Å². The third kappa shape index (κ3) is 5.18. The van der Waals surface area contributed by atoms with E-state index in [-0.39, 0.29) is 53.7 Å². The number of aliphatic hydroxyl groups excluding tert-OH is 1. The molecule has 4 atom stereocenters. The summed E-state index contributed by atoms with van der Waals surface area (Å²) in [5, 5.41) is 11.5. The zero-order valence-electron chi connectivity index (χ0n) is 25.1. The van der Waals surface area contributed by atoms with Gasteiger partial charge >= 0.3 is 0 Å². The first kappa shape index (κ1) is 31.4. The van der Waals surface area contributed by atoms with E-state index in [1.807, 2.05) is 0 Å². The van der Waals surface area contributed by atoms with Crippen LogP contribution < -0.4 is 9.64 Å². The maximum Gasteiger partial charge on any atom is 0.297 e. The average molecular weight is 663 g/mol. The van der Waals surface area contributed by atoms with Gasteiger partial charge in [-0.15, -0.1) is 0 Å². The van der Waals surface area contributed by atoms with Crippen LogP contribution >= 0.6 is 11.6 Å². The van der Waals surface area contributed by atoms with E-state index >= 15 is 0 Å². The van der Waals surface area contributed by atoms with Crippen molar-refractivity contribution in [3.8, 4) is 5.88 Å². The van der Waals surface area contributed by atoms with Gasteiger partial charge in [0.25, 0.3) is 6.43 Å². The predicted molar refractivity (Wildman–Crippen MR) is 166 cm³/mol. The Morgan fingerprint density at radius 3 is 2.69 bits per heavy atom. The van der Waals surface area contributed by atoms with E-state index in [0.717, 1.165) is 0 Å². The number of hydrogen-bond acceptors (Lipinski definition) is 10. The summed E-state index contributed by atoms with van der Waals surface area (Å²) in [4.78, 5) is 14.4. The number of benzene rings is 1. The van der Waals surface area contributed by atoms with Gasteiger partial charge in [0, 0.05) is 43.0 Å². The van der Waals surface area contributed by atoms with Gasteiger partial charge in [0.05, 0.1) is 28.1 Å². The molecule has 0 radical (unpaired) electrons. The minimum absolute atomic E-state index is 0.0725. The molecule has 4 aromatic rings. The molecule has 6 rings (SSSR count). The molecule has 1 N–H and O–H groups in total. The molecular weight excluding hydrogens is 630 g/mol. The molecule has 0 spiro atoms. The smallest absolute Gasteiger partial charge is 0.297 e. The SMILES string of the molecule is C=C(O)[C@@H]1C[C@H](Oc2ncc(Cl)cc2[C@@]2(OC)CC(C)(C)S(=O)(=O)C[C@@H]2C)CN1c1nc(C(F)F)nc2c1oc1ccccc12. The van der Waals surface area contributed by atoms with Gasteiger partial charge in [-0.05, 0) is 32.0 Å². The van der Waals surface area contributed by atoms with E-state index in [4.69, 9.17) is 25.5 Å². The number of rotatable bonds is 7. The van der Waals surface area contributed by atoms with Gasteiger partial charge in [0.1, 0.15) is 28.6 Å². The third-order valence-corrected chi connectivity index (χ3v) is 12.0. The first-order chi connectivity index (χ1) is 21.2. The maximum absolute atomic E-state index is 14.0. The second-order valence-corrected chi connectivity index (χ2v) is 15.4. The molecule has 5 heterocycles. The van der Waals surface area contributed by atoms with Gasteiger partial charge in [0.15, 0.2) is 27.1 Å². The summed E-state index contributed by atoms with van der Waals surface area (Å²) in [5.74, 6) is -1.22. The second kappa shape index (κ2) is 11.1. The van der Waals surface area contributed by atoms with Gasteiger partial charge in [-0.2, -0.15) is 0 Å². The fourth-order valence-electron chi connectivity index (χ4n) is 6.65. The highest BCUT2D eigenvalue weighted by Crippen LogP contribution is 2.51. The average Bonchev–Trinajstić information content (AvgIpc) is 3.57. The summed E-state index contributed by atoms with van der Waals surface area (Å²) in [7, 11) is -1.91. The number of fused-ring (bicyclic) bond motifs is 3. The fraction of sp³-hybridized carbons (Fsp3) is 0.452. The topological polar surface area (TPSA) is 128 Å². The number of aromatic nitrogens is 3. The molecule has 3 aromatic heterocycles. The Bertz CT molecular complexity index is 1920. The Hall–Kier alpha value is -3.55. The third-order valence-electron chi connectivity index (χ3n) is 9.05. The number of methoxy groups -OCH3 is 1. The molecule has 10 nitrogen and oxygen atoms in total. The molecule has 45 heavy (non-hydrogen) atoms. The lowest BCUT2D eigenvalue weighted by Crippen LogP contribution is -2.54. The minimum Gasteiger partial charge on any atom is -0.511 e. The number of ether oxygens (including phenoxy) is 2. The van der Waals surface area contributed by atoms with Crippen LogP contribution in [0.3, 0.4) is 0 Å². The van der Waals surface area contributed by atoms with Crippen molar-refractivity contribution in [2.24, 2.45) is 5.92 Å². The van der Waals surface area contributed by atoms with Crippen molar-refractivity contribution in [2.45, 2.75) is 62.5 Å². The van der Waals surface area contributed by atoms with E-state index in [9.17, 15) is 22.3 Å². The molecule has 0 bridgehead atoms. The molecule has 14 heteroatoms. The van der Waals surface area contributed by atoms with Crippen LogP contribution in [0.2, 0.25) is 5.02 Å². The van der Waals surface area contributed by atoms with Crippen molar-refractivity contribution in [3.63, 3.8) is 0 Å². The molecule has 0 aliphatic carbocycles. The summed E-state index contributed by atoms with van der Waals surface area (Å²) in [5.41, 5.74) is 0.264. The number of aliphatic hydroxyl groups is 1. The Morgan fingerprint density at radius 1 is 1.27 bits per heavy atom. The number of anilines is 1. The first-order valence-electron chi connectivity index (χ1n) is 14.4. The van der Waals surface area contributed by atoms with Gasteiger partial charge in [0.2, 0.25) is 5.88 Å². The number of hydrogen-bond donors (Lipinski definition) is 1. The Labute approximate surface area is 263 Å². The quantitative estimate of drug-likeness (QED) is 0.218. The van der Waals surface area contributed by atoms with Crippen molar-refractivity contribution in [1.29, 1.82) is 0 Å². The summed E-state index contributed by atoms with van der Waals surface area (Å²) < 4.78 is 71.6. The van der Waals surface area contributed by atoms with Crippen molar-refractivity contribution in [3.05, 3.63) is 65.3 Å². The van der Waals surface area contributed by atoms with Crippen LogP contribution in [-0.2, 0) is 20.2 Å². The predicted octanol–water partition coefficient (Wildman–Crippen LogP) is 6.53. The van der Waals surface area contributed by atoms with Crippen LogP contribution in [0.5, 0.6) is 5.88 Å². The van der Waals surface area contributed by atoms with Crippen LogP contribution in [0.1, 0.15) is 51.4 Å². The molecule has 0 saturated carbocycles. The largest absolute Gasteiger partial charge is 0.511 e. The fourth-order valence-corrected chi connectivity index (χ4v) is 8.62. The minimum atomic E-state index is -3.43. The lowest BCUT2D eigenvalue weighted by molar-refractivity contribution is -0.0727. The van der Waals surface area contributed by atoms with E-state index < -0.39 is 50.5 Å². The van der Waals surface area contributed by atoms with Gasteiger partial charge in [-0.3, -0.25) is 0 Å². The van der Waals surface area contributed by atoms with Crippen LogP contribution in [0, 0.1) is 5.92 Å². The number of alkyl halides is 2. The number of pyridine rings is 1. The maximum atomic E-state index is 14.0. The lowest BCUT2D eigenvalue weighted by Gasteiger charge is -2.48.